The van der Waals surface area contributed by atoms with Gasteiger partial charge in [0, 0.05) is 32.2 Å². The number of hydrogen-bond donors (Lipinski definition) is 0. The van der Waals surface area contributed by atoms with Gasteiger partial charge in [-0.05, 0) is 32.9 Å². The van der Waals surface area contributed by atoms with Gasteiger partial charge in [0.25, 0.3) is 0 Å². The predicted octanol–water partition coefficient (Wildman–Crippen LogP) is 3.47. The second-order valence-corrected chi connectivity index (χ2v) is 7.23. The zero-order chi connectivity index (χ0) is 19.4. The van der Waals surface area contributed by atoms with Crippen molar-refractivity contribution in [1.82, 2.24) is 14.9 Å². The first kappa shape index (κ1) is 18.9. The minimum atomic E-state index is -0.505. The summed E-state index contributed by atoms with van der Waals surface area (Å²) >= 11 is 0. The summed E-state index contributed by atoms with van der Waals surface area (Å²) < 4.78 is 24.1. The molecule has 144 valence electrons. The minimum absolute atomic E-state index is 0.304. The van der Waals surface area contributed by atoms with Crippen LogP contribution in [0.25, 0.3) is 0 Å². The number of carbonyl (C=O) groups excluding carboxylic acids is 1. The van der Waals surface area contributed by atoms with Gasteiger partial charge in [0.15, 0.2) is 5.75 Å². The molecular weight excluding hydrogens is 351 g/mol. The number of amides is 1. The smallest absolute Gasteiger partial charge is 0.410 e. The van der Waals surface area contributed by atoms with Gasteiger partial charge in [-0.1, -0.05) is 6.07 Å². The number of nitrogens with zero attached hydrogens (tertiary/aromatic N) is 4. The highest BCUT2D eigenvalue weighted by Gasteiger charge is 2.26. The quantitative estimate of drug-likeness (QED) is 0.820. The number of carbonyl (C=O) groups is 1. The lowest BCUT2D eigenvalue weighted by Gasteiger charge is -2.35. The molecule has 7 nitrogen and oxygen atoms in total. The van der Waals surface area contributed by atoms with Crippen molar-refractivity contribution >= 4 is 12.0 Å². The fourth-order valence-corrected chi connectivity index (χ4v) is 2.61. The van der Waals surface area contributed by atoms with E-state index >= 15 is 0 Å². The number of aromatic nitrogens is 2. The third-order valence-corrected chi connectivity index (χ3v) is 3.86. The van der Waals surface area contributed by atoms with Crippen LogP contribution in [-0.2, 0) is 4.74 Å². The van der Waals surface area contributed by atoms with Crippen LogP contribution < -0.4 is 9.64 Å². The molecule has 1 aliphatic rings. The average molecular weight is 374 g/mol. The Morgan fingerprint density at radius 1 is 1.07 bits per heavy atom. The van der Waals surface area contributed by atoms with E-state index in [1.54, 1.807) is 29.4 Å². The number of ether oxygens (including phenoxy) is 2. The fraction of sp³-hybridized carbons (Fsp3) is 0.421. The molecule has 27 heavy (non-hydrogen) atoms. The topological polar surface area (TPSA) is 67.8 Å². The van der Waals surface area contributed by atoms with Crippen LogP contribution in [-0.4, -0.2) is 52.7 Å². The molecule has 0 spiro atoms. The lowest BCUT2D eigenvalue weighted by molar-refractivity contribution is 0.0240. The number of piperazine rings is 1. The third kappa shape index (κ3) is 5.29. The van der Waals surface area contributed by atoms with E-state index in [-0.39, 0.29) is 11.9 Å². The summed E-state index contributed by atoms with van der Waals surface area (Å²) in [6.45, 7) is 7.86. The molecule has 1 saturated heterocycles. The van der Waals surface area contributed by atoms with E-state index in [4.69, 9.17) is 9.47 Å². The molecule has 0 aliphatic carbocycles. The van der Waals surface area contributed by atoms with Crippen LogP contribution in [0.2, 0.25) is 0 Å². The number of anilines is 1. The van der Waals surface area contributed by atoms with Gasteiger partial charge < -0.3 is 19.3 Å². The van der Waals surface area contributed by atoms with Crippen molar-refractivity contribution < 1.29 is 18.7 Å². The first-order valence-electron chi connectivity index (χ1n) is 8.78. The molecule has 1 fully saturated rings. The van der Waals surface area contributed by atoms with Crippen molar-refractivity contribution in [3.63, 3.8) is 0 Å². The van der Waals surface area contributed by atoms with E-state index in [0.29, 0.717) is 43.6 Å². The molecule has 1 aliphatic heterocycles. The Hall–Kier alpha value is -2.90. The van der Waals surface area contributed by atoms with Crippen molar-refractivity contribution in [2.24, 2.45) is 0 Å². The third-order valence-electron chi connectivity index (χ3n) is 3.86. The molecule has 1 amide bonds. The molecule has 0 saturated carbocycles. The molecule has 1 aromatic carbocycles. The van der Waals surface area contributed by atoms with Crippen molar-refractivity contribution in [2.75, 3.05) is 31.1 Å². The fourth-order valence-electron chi connectivity index (χ4n) is 2.61. The summed E-state index contributed by atoms with van der Waals surface area (Å²) in [5.41, 5.74) is -0.505. The lowest BCUT2D eigenvalue weighted by atomic mass is 10.2. The molecule has 8 heteroatoms. The van der Waals surface area contributed by atoms with Gasteiger partial charge >= 0.3 is 6.09 Å². The summed E-state index contributed by atoms with van der Waals surface area (Å²) in [6.07, 6.45) is 2.79. The summed E-state index contributed by atoms with van der Waals surface area (Å²) in [7, 11) is 0. The second-order valence-electron chi connectivity index (χ2n) is 7.23. The molecule has 0 radical (unpaired) electrons. The van der Waals surface area contributed by atoms with Crippen LogP contribution in [0, 0.1) is 5.82 Å². The first-order chi connectivity index (χ1) is 12.8. The minimum Gasteiger partial charge on any atom is -0.454 e. The van der Waals surface area contributed by atoms with Crippen LogP contribution in [0.15, 0.2) is 36.7 Å². The number of rotatable bonds is 3. The Labute approximate surface area is 157 Å². The largest absolute Gasteiger partial charge is 0.454 e. The monoisotopic (exact) mass is 374 g/mol. The van der Waals surface area contributed by atoms with Gasteiger partial charge in [-0.25, -0.2) is 19.2 Å². The Bertz CT molecular complexity index is 784. The number of benzene rings is 1. The van der Waals surface area contributed by atoms with Crippen molar-refractivity contribution in [3.8, 4) is 11.5 Å². The molecule has 0 bridgehead atoms. The first-order valence-corrected chi connectivity index (χ1v) is 8.78. The van der Waals surface area contributed by atoms with Crippen molar-refractivity contribution in [1.29, 1.82) is 0 Å². The van der Waals surface area contributed by atoms with Crippen molar-refractivity contribution in [3.05, 3.63) is 42.5 Å². The van der Waals surface area contributed by atoms with E-state index in [9.17, 15) is 9.18 Å². The SMILES string of the molecule is CC(C)(C)OC(=O)N1CCN(c2ncc(Oc3cccc(F)c3)cn2)CC1. The maximum Gasteiger partial charge on any atom is 0.410 e. The van der Waals surface area contributed by atoms with E-state index in [0.717, 1.165) is 0 Å². The van der Waals surface area contributed by atoms with Crippen molar-refractivity contribution in [2.45, 2.75) is 26.4 Å². The van der Waals surface area contributed by atoms with Crippen LogP contribution >= 0.6 is 0 Å². The zero-order valence-corrected chi connectivity index (χ0v) is 15.7. The Morgan fingerprint density at radius 2 is 1.74 bits per heavy atom. The molecule has 2 heterocycles. The average Bonchev–Trinajstić information content (AvgIpc) is 2.61. The molecule has 0 N–H and O–H groups in total. The summed E-state index contributed by atoms with van der Waals surface area (Å²) in [5, 5.41) is 0. The van der Waals surface area contributed by atoms with Gasteiger partial charge in [0.2, 0.25) is 5.95 Å². The highest BCUT2D eigenvalue weighted by atomic mass is 19.1. The Kier molecular flexibility index (Phi) is 5.43. The molecule has 3 rings (SSSR count). The summed E-state index contributed by atoms with van der Waals surface area (Å²) in [6, 6.07) is 5.88. The lowest BCUT2D eigenvalue weighted by Crippen LogP contribution is -2.50. The van der Waals surface area contributed by atoms with Crippen LogP contribution in [0.5, 0.6) is 11.5 Å². The van der Waals surface area contributed by atoms with E-state index in [1.165, 1.54) is 12.1 Å². The van der Waals surface area contributed by atoms with E-state index < -0.39 is 5.60 Å². The highest BCUT2D eigenvalue weighted by molar-refractivity contribution is 5.68. The number of halogens is 1. The summed E-state index contributed by atoms with van der Waals surface area (Å²) in [4.78, 5) is 24.4. The Morgan fingerprint density at radius 3 is 2.33 bits per heavy atom. The predicted molar refractivity (Wildman–Crippen MR) is 98.5 cm³/mol. The maximum atomic E-state index is 13.2. The maximum absolute atomic E-state index is 13.2. The molecule has 0 unspecified atom stereocenters. The van der Waals surface area contributed by atoms with Crippen LogP contribution in [0.4, 0.5) is 15.1 Å². The number of hydrogen-bond acceptors (Lipinski definition) is 6. The molecular formula is C19H23FN4O3. The van der Waals surface area contributed by atoms with E-state index in [2.05, 4.69) is 9.97 Å². The molecule has 1 aromatic heterocycles. The van der Waals surface area contributed by atoms with E-state index in [1.807, 2.05) is 25.7 Å². The van der Waals surface area contributed by atoms with Gasteiger partial charge in [0.05, 0.1) is 12.4 Å². The van der Waals surface area contributed by atoms with Crippen LogP contribution in [0.1, 0.15) is 20.8 Å². The zero-order valence-electron chi connectivity index (χ0n) is 15.7. The van der Waals surface area contributed by atoms with Gasteiger partial charge in [-0.3, -0.25) is 0 Å². The van der Waals surface area contributed by atoms with Gasteiger partial charge in [0.1, 0.15) is 17.2 Å². The van der Waals surface area contributed by atoms with Gasteiger partial charge in [-0.15, -0.1) is 0 Å². The Balaban J connectivity index is 1.55. The van der Waals surface area contributed by atoms with Gasteiger partial charge in [-0.2, -0.15) is 0 Å². The van der Waals surface area contributed by atoms with Crippen LogP contribution in [0.3, 0.4) is 0 Å². The molecule has 0 atom stereocenters. The normalized spacial score (nSPS) is 14.8. The summed E-state index contributed by atoms with van der Waals surface area (Å²) in [5.74, 6) is 1.01. The highest BCUT2D eigenvalue weighted by Crippen LogP contribution is 2.22. The standard InChI is InChI=1S/C19H23FN4O3/c1-19(2,3)27-18(25)24-9-7-23(8-10-24)17-21-12-16(13-22-17)26-15-6-4-5-14(20)11-15/h4-6,11-13H,7-10H2,1-3H3. The molecule has 2 aromatic rings. The second kappa shape index (κ2) is 7.77.